The van der Waals surface area contributed by atoms with Gasteiger partial charge in [-0.05, 0) is 57.0 Å². The summed E-state index contributed by atoms with van der Waals surface area (Å²) in [7, 11) is -3.66. The maximum atomic E-state index is 12.7. The van der Waals surface area contributed by atoms with Gasteiger partial charge in [0.1, 0.15) is 10.8 Å². The summed E-state index contributed by atoms with van der Waals surface area (Å²) < 4.78 is 32.9. The summed E-state index contributed by atoms with van der Waals surface area (Å²) in [6.45, 7) is 7.53. The van der Waals surface area contributed by atoms with Gasteiger partial charge in [0, 0.05) is 30.6 Å². The standard InChI is InChI=1S/C22H26N4O4S2/c1-14-7-8-15(2)20(12-14)32(28,29)25-11-10-23-21(27)18-6-5-9-24-22(18)31-13-19-16(3)26-30-17(19)4/h5-9,12,25H,10-11,13H2,1-4H3,(H,23,27). The molecular formula is C22H26N4O4S2. The molecule has 0 aliphatic rings. The first kappa shape index (κ1) is 24.0. The van der Waals surface area contributed by atoms with Gasteiger partial charge >= 0.3 is 0 Å². The minimum Gasteiger partial charge on any atom is -0.361 e. The predicted molar refractivity (Wildman–Crippen MR) is 123 cm³/mol. The molecule has 1 aromatic carbocycles. The molecule has 2 aromatic heterocycles. The fourth-order valence-electron chi connectivity index (χ4n) is 3.06. The normalized spacial score (nSPS) is 11.5. The molecule has 0 saturated carbocycles. The highest BCUT2D eigenvalue weighted by atomic mass is 32.2. The first-order valence-corrected chi connectivity index (χ1v) is 12.5. The van der Waals surface area contributed by atoms with E-state index in [0.717, 1.165) is 22.6 Å². The van der Waals surface area contributed by atoms with Crippen LogP contribution in [0.4, 0.5) is 0 Å². The lowest BCUT2D eigenvalue weighted by atomic mass is 10.2. The molecule has 0 spiro atoms. The van der Waals surface area contributed by atoms with Gasteiger partial charge in [-0.3, -0.25) is 4.79 Å². The Balaban J connectivity index is 1.58. The molecule has 0 bridgehead atoms. The molecule has 0 saturated heterocycles. The van der Waals surface area contributed by atoms with Crippen molar-refractivity contribution in [1.82, 2.24) is 20.2 Å². The molecule has 32 heavy (non-hydrogen) atoms. The highest BCUT2D eigenvalue weighted by Crippen LogP contribution is 2.27. The SMILES string of the molecule is Cc1ccc(C)c(S(=O)(=O)NCCNC(=O)c2cccnc2SCc2c(C)noc2C)c1. The van der Waals surface area contributed by atoms with Gasteiger partial charge < -0.3 is 9.84 Å². The number of sulfonamides is 1. The fourth-order valence-corrected chi connectivity index (χ4v) is 5.56. The average molecular weight is 475 g/mol. The van der Waals surface area contributed by atoms with Gasteiger partial charge in [0.05, 0.1) is 16.2 Å². The summed E-state index contributed by atoms with van der Waals surface area (Å²) in [6.07, 6.45) is 1.63. The van der Waals surface area contributed by atoms with Gasteiger partial charge in [-0.15, -0.1) is 11.8 Å². The molecule has 0 aliphatic heterocycles. The van der Waals surface area contributed by atoms with Crippen LogP contribution in [0.1, 0.15) is 38.5 Å². The van der Waals surface area contributed by atoms with Crippen LogP contribution >= 0.6 is 11.8 Å². The van der Waals surface area contributed by atoms with Crippen molar-refractivity contribution < 1.29 is 17.7 Å². The van der Waals surface area contributed by atoms with Crippen LogP contribution in [-0.2, 0) is 15.8 Å². The molecule has 8 nitrogen and oxygen atoms in total. The van der Waals surface area contributed by atoms with Gasteiger partial charge in [-0.2, -0.15) is 0 Å². The number of nitrogens with zero attached hydrogens (tertiary/aromatic N) is 2. The van der Waals surface area contributed by atoms with Gasteiger partial charge in [0.15, 0.2) is 0 Å². The lowest BCUT2D eigenvalue weighted by Gasteiger charge is -2.12. The second kappa shape index (κ2) is 10.3. The van der Waals surface area contributed by atoms with E-state index in [-0.39, 0.29) is 23.9 Å². The molecule has 10 heteroatoms. The van der Waals surface area contributed by atoms with Crippen LogP contribution in [0.5, 0.6) is 0 Å². The first-order chi connectivity index (χ1) is 15.2. The molecule has 2 N–H and O–H groups in total. The summed E-state index contributed by atoms with van der Waals surface area (Å²) >= 11 is 1.42. The van der Waals surface area contributed by atoms with E-state index in [1.807, 2.05) is 26.8 Å². The van der Waals surface area contributed by atoms with Crippen molar-refractivity contribution in [3.63, 3.8) is 0 Å². The number of rotatable bonds is 9. The van der Waals surface area contributed by atoms with E-state index in [9.17, 15) is 13.2 Å². The largest absolute Gasteiger partial charge is 0.361 e. The highest BCUT2D eigenvalue weighted by molar-refractivity contribution is 7.98. The Morgan fingerprint density at radius 1 is 1.12 bits per heavy atom. The first-order valence-electron chi connectivity index (χ1n) is 10.0. The number of aromatic nitrogens is 2. The molecule has 2 heterocycles. The van der Waals surface area contributed by atoms with Crippen LogP contribution < -0.4 is 10.0 Å². The Morgan fingerprint density at radius 3 is 2.62 bits per heavy atom. The molecule has 0 atom stereocenters. The molecule has 3 aromatic rings. The predicted octanol–water partition coefficient (Wildman–Crippen LogP) is 3.30. The zero-order chi connectivity index (χ0) is 23.3. The summed E-state index contributed by atoms with van der Waals surface area (Å²) in [5, 5.41) is 7.28. The Labute approximate surface area is 192 Å². The Hall–Kier alpha value is -2.69. The monoisotopic (exact) mass is 474 g/mol. The van der Waals surface area contributed by atoms with E-state index in [1.54, 1.807) is 37.4 Å². The molecule has 3 rings (SSSR count). The van der Waals surface area contributed by atoms with E-state index < -0.39 is 10.0 Å². The third-order valence-corrected chi connectivity index (χ3v) is 7.52. The number of thioether (sulfide) groups is 1. The maximum Gasteiger partial charge on any atom is 0.254 e. The molecule has 0 fully saturated rings. The summed E-state index contributed by atoms with van der Waals surface area (Å²) in [4.78, 5) is 17.2. The van der Waals surface area contributed by atoms with Gasteiger partial charge in [-0.25, -0.2) is 18.1 Å². The van der Waals surface area contributed by atoms with E-state index in [1.165, 1.54) is 11.8 Å². The molecule has 1 amide bonds. The van der Waals surface area contributed by atoms with Crippen molar-refractivity contribution in [1.29, 1.82) is 0 Å². The highest BCUT2D eigenvalue weighted by Gasteiger charge is 2.18. The van der Waals surface area contributed by atoms with Crippen LogP contribution in [0, 0.1) is 27.7 Å². The van der Waals surface area contributed by atoms with Crippen LogP contribution in [0.2, 0.25) is 0 Å². The number of pyridine rings is 1. The summed E-state index contributed by atoms with van der Waals surface area (Å²) in [5.41, 5.74) is 3.76. The van der Waals surface area contributed by atoms with E-state index in [0.29, 0.717) is 21.9 Å². The maximum absolute atomic E-state index is 12.7. The number of carbonyl (C=O) groups excluding carboxylic acids is 1. The van der Waals surface area contributed by atoms with Crippen LogP contribution in [0.3, 0.4) is 0 Å². The number of nitrogens with one attached hydrogen (secondary N) is 2. The van der Waals surface area contributed by atoms with Gasteiger partial charge in [0.25, 0.3) is 5.91 Å². The third kappa shape index (κ3) is 5.76. The smallest absolute Gasteiger partial charge is 0.254 e. The van der Waals surface area contributed by atoms with E-state index in [4.69, 9.17) is 4.52 Å². The number of amides is 1. The molecule has 170 valence electrons. The van der Waals surface area contributed by atoms with Gasteiger partial charge in [0.2, 0.25) is 10.0 Å². The number of hydrogen-bond acceptors (Lipinski definition) is 7. The molecule has 0 radical (unpaired) electrons. The Morgan fingerprint density at radius 2 is 1.91 bits per heavy atom. The minimum absolute atomic E-state index is 0.0727. The lowest BCUT2D eigenvalue weighted by molar-refractivity contribution is 0.0950. The van der Waals surface area contributed by atoms with Crippen molar-refractivity contribution in [3.8, 4) is 0 Å². The van der Waals surface area contributed by atoms with Gasteiger partial charge in [-0.1, -0.05) is 17.3 Å². The van der Waals surface area contributed by atoms with Crippen LogP contribution in [0.15, 0.2) is 51.0 Å². The van der Waals surface area contributed by atoms with Crippen molar-refractivity contribution in [3.05, 3.63) is 70.2 Å². The molecule has 0 unspecified atom stereocenters. The molecular weight excluding hydrogens is 448 g/mol. The number of aryl methyl sites for hydroxylation is 4. The van der Waals surface area contributed by atoms with E-state index >= 15 is 0 Å². The molecule has 0 aliphatic carbocycles. The number of carbonyl (C=O) groups is 1. The quantitative estimate of drug-likeness (QED) is 0.361. The zero-order valence-corrected chi connectivity index (χ0v) is 20.1. The van der Waals surface area contributed by atoms with Crippen LogP contribution in [-0.4, -0.2) is 37.6 Å². The van der Waals surface area contributed by atoms with Crippen molar-refractivity contribution in [2.45, 2.75) is 43.4 Å². The average Bonchev–Trinajstić information content (AvgIpc) is 3.08. The van der Waals surface area contributed by atoms with Crippen molar-refractivity contribution in [2.75, 3.05) is 13.1 Å². The number of hydrogen-bond donors (Lipinski definition) is 2. The Kier molecular flexibility index (Phi) is 7.70. The lowest BCUT2D eigenvalue weighted by Crippen LogP contribution is -2.35. The topological polar surface area (TPSA) is 114 Å². The van der Waals surface area contributed by atoms with Crippen molar-refractivity contribution >= 4 is 27.7 Å². The van der Waals surface area contributed by atoms with E-state index in [2.05, 4.69) is 20.2 Å². The second-order valence-corrected chi connectivity index (χ2v) is 10.1. The fraction of sp³-hybridized carbons (Fsp3) is 0.318. The van der Waals surface area contributed by atoms with Crippen molar-refractivity contribution in [2.24, 2.45) is 0 Å². The number of benzene rings is 1. The summed E-state index contributed by atoms with van der Waals surface area (Å²) in [6, 6.07) is 8.66. The Bertz CT molecular complexity index is 1200. The summed E-state index contributed by atoms with van der Waals surface area (Å²) in [5.74, 6) is 1.01. The zero-order valence-electron chi connectivity index (χ0n) is 18.4. The van der Waals surface area contributed by atoms with Crippen LogP contribution in [0.25, 0.3) is 0 Å². The third-order valence-electron chi connectivity index (χ3n) is 4.89. The minimum atomic E-state index is -3.66. The second-order valence-electron chi connectivity index (χ2n) is 7.37.